The molecule has 1 amide bonds. The molecule has 1 saturated heterocycles. The maximum Gasteiger partial charge on any atom is 0.253 e. The third-order valence-corrected chi connectivity index (χ3v) is 3.88. The van der Waals surface area contributed by atoms with Crippen molar-refractivity contribution < 1.29 is 4.79 Å². The predicted octanol–water partition coefficient (Wildman–Crippen LogP) is 1.06. The summed E-state index contributed by atoms with van der Waals surface area (Å²) >= 11 is 0. The number of hydrazine groups is 1. The first kappa shape index (κ1) is 13.8. The van der Waals surface area contributed by atoms with E-state index in [1.807, 2.05) is 30.0 Å². The number of nitrogen functional groups attached to an aromatic ring is 1. The number of carbonyl (C=O) groups excluding carboxylic acids is 1. The van der Waals surface area contributed by atoms with Crippen molar-refractivity contribution in [2.24, 2.45) is 5.84 Å². The zero-order chi connectivity index (χ0) is 14.0. The molecule has 5 heteroatoms. The summed E-state index contributed by atoms with van der Waals surface area (Å²) in [5.74, 6) is 5.51. The maximum atomic E-state index is 12.5. The smallest absolute Gasteiger partial charge is 0.253 e. The Labute approximate surface area is 114 Å². The van der Waals surface area contributed by atoms with Crippen LogP contribution in [0.1, 0.15) is 22.8 Å². The second kappa shape index (κ2) is 5.59. The van der Waals surface area contributed by atoms with Crippen molar-refractivity contribution in [1.82, 2.24) is 9.80 Å². The zero-order valence-corrected chi connectivity index (χ0v) is 11.8. The van der Waals surface area contributed by atoms with Gasteiger partial charge in [0.15, 0.2) is 0 Å². The van der Waals surface area contributed by atoms with E-state index in [1.165, 1.54) is 0 Å². The van der Waals surface area contributed by atoms with Crippen molar-refractivity contribution in [1.29, 1.82) is 0 Å². The van der Waals surface area contributed by atoms with Crippen molar-refractivity contribution >= 4 is 11.6 Å². The SMILES string of the molecule is Cc1cc(C(=O)N2CCN(C)C(C)C2)ccc1NN. The van der Waals surface area contributed by atoms with Crippen LogP contribution < -0.4 is 11.3 Å². The van der Waals surface area contributed by atoms with Gasteiger partial charge in [-0.1, -0.05) is 0 Å². The number of amides is 1. The topological polar surface area (TPSA) is 61.6 Å². The van der Waals surface area contributed by atoms with E-state index in [0.717, 1.165) is 36.4 Å². The summed E-state index contributed by atoms with van der Waals surface area (Å²) < 4.78 is 0. The lowest BCUT2D eigenvalue weighted by molar-refractivity contribution is 0.0572. The summed E-state index contributed by atoms with van der Waals surface area (Å²) in [4.78, 5) is 16.7. The summed E-state index contributed by atoms with van der Waals surface area (Å²) in [6.45, 7) is 6.58. The summed E-state index contributed by atoms with van der Waals surface area (Å²) in [6.07, 6.45) is 0. The van der Waals surface area contributed by atoms with Crippen LogP contribution in [0.2, 0.25) is 0 Å². The molecule has 19 heavy (non-hydrogen) atoms. The van der Waals surface area contributed by atoms with Gasteiger partial charge in [0, 0.05) is 31.2 Å². The van der Waals surface area contributed by atoms with Crippen LogP contribution in [0.3, 0.4) is 0 Å². The Kier molecular flexibility index (Phi) is 4.07. The fourth-order valence-electron chi connectivity index (χ4n) is 2.37. The predicted molar refractivity (Wildman–Crippen MR) is 77.0 cm³/mol. The maximum absolute atomic E-state index is 12.5. The number of benzene rings is 1. The molecule has 3 N–H and O–H groups in total. The number of rotatable bonds is 2. The van der Waals surface area contributed by atoms with Crippen LogP contribution in [0.5, 0.6) is 0 Å². The average Bonchev–Trinajstić information content (AvgIpc) is 2.41. The number of piperazine rings is 1. The Morgan fingerprint density at radius 3 is 2.74 bits per heavy atom. The van der Waals surface area contributed by atoms with Crippen molar-refractivity contribution in [2.45, 2.75) is 19.9 Å². The molecule has 0 aromatic heterocycles. The minimum Gasteiger partial charge on any atom is -0.336 e. The van der Waals surface area contributed by atoms with Gasteiger partial charge < -0.3 is 15.2 Å². The number of nitrogens with zero attached hydrogens (tertiary/aromatic N) is 2. The molecule has 1 aromatic rings. The van der Waals surface area contributed by atoms with E-state index in [4.69, 9.17) is 5.84 Å². The molecule has 0 radical (unpaired) electrons. The molecule has 1 fully saturated rings. The van der Waals surface area contributed by atoms with E-state index >= 15 is 0 Å². The van der Waals surface area contributed by atoms with E-state index < -0.39 is 0 Å². The second-order valence-corrected chi connectivity index (χ2v) is 5.25. The molecule has 5 nitrogen and oxygen atoms in total. The minimum absolute atomic E-state index is 0.103. The molecule has 104 valence electrons. The Morgan fingerprint density at radius 1 is 1.42 bits per heavy atom. The van der Waals surface area contributed by atoms with Crippen molar-refractivity contribution in [2.75, 3.05) is 32.1 Å². The lowest BCUT2D eigenvalue weighted by Gasteiger charge is -2.37. The zero-order valence-electron chi connectivity index (χ0n) is 11.8. The summed E-state index contributed by atoms with van der Waals surface area (Å²) in [5.41, 5.74) is 5.18. The third kappa shape index (κ3) is 2.88. The van der Waals surface area contributed by atoms with Crippen LogP contribution in [0.25, 0.3) is 0 Å². The van der Waals surface area contributed by atoms with E-state index in [0.29, 0.717) is 6.04 Å². The first-order chi connectivity index (χ1) is 9.02. The number of aryl methyl sites for hydroxylation is 1. The summed E-state index contributed by atoms with van der Waals surface area (Å²) in [7, 11) is 2.10. The van der Waals surface area contributed by atoms with E-state index in [-0.39, 0.29) is 5.91 Å². The van der Waals surface area contributed by atoms with Gasteiger partial charge in [-0.3, -0.25) is 10.6 Å². The van der Waals surface area contributed by atoms with E-state index in [1.54, 1.807) is 0 Å². The fourth-order valence-corrected chi connectivity index (χ4v) is 2.37. The fraction of sp³-hybridized carbons (Fsp3) is 0.500. The van der Waals surface area contributed by atoms with Crippen LogP contribution in [0, 0.1) is 6.92 Å². The normalized spacial score (nSPS) is 20.4. The Hall–Kier alpha value is -1.59. The molecular formula is C14H22N4O. The molecule has 2 rings (SSSR count). The molecule has 1 atom stereocenters. The van der Waals surface area contributed by atoms with Crippen LogP contribution in [-0.4, -0.2) is 48.4 Å². The highest BCUT2D eigenvalue weighted by Crippen LogP contribution is 2.18. The lowest BCUT2D eigenvalue weighted by Crippen LogP contribution is -2.52. The van der Waals surface area contributed by atoms with Gasteiger partial charge in [-0.25, -0.2) is 0 Å². The number of carbonyl (C=O) groups is 1. The molecule has 1 unspecified atom stereocenters. The number of nitrogens with two attached hydrogens (primary N) is 1. The van der Waals surface area contributed by atoms with Crippen LogP contribution >= 0.6 is 0 Å². The first-order valence-corrected chi connectivity index (χ1v) is 6.59. The standard InChI is InChI=1S/C14H22N4O/c1-10-8-12(4-5-13(10)16-15)14(19)18-7-6-17(3)11(2)9-18/h4-5,8,11,16H,6-7,9,15H2,1-3H3. The highest BCUT2D eigenvalue weighted by molar-refractivity contribution is 5.95. The van der Waals surface area contributed by atoms with Gasteiger partial charge in [0.05, 0.1) is 5.69 Å². The highest BCUT2D eigenvalue weighted by Gasteiger charge is 2.25. The first-order valence-electron chi connectivity index (χ1n) is 6.59. The third-order valence-electron chi connectivity index (χ3n) is 3.88. The summed E-state index contributed by atoms with van der Waals surface area (Å²) in [5, 5.41) is 0. The van der Waals surface area contributed by atoms with Gasteiger partial charge in [-0.2, -0.15) is 0 Å². The van der Waals surface area contributed by atoms with Crippen LogP contribution in [0.15, 0.2) is 18.2 Å². The lowest BCUT2D eigenvalue weighted by atomic mass is 10.1. The molecule has 1 aliphatic heterocycles. The second-order valence-electron chi connectivity index (χ2n) is 5.25. The van der Waals surface area contributed by atoms with Gasteiger partial charge in [-0.05, 0) is 44.7 Å². The number of hydrogen-bond donors (Lipinski definition) is 2. The number of nitrogens with one attached hydrogen (secondary N) is 1. The average molecular weight is 262 g/mol. The van der Waals surface area contributed by atoms with Crippen molar-refractivity contribution in [3.8, 4) is 0 Å². The summed E-state index contributed by atoms with van der Waals surface area (Å²) in [6, 6.07) is 5.97. The largest absolute Gasteiger partial charge is 0.336 e. The van der Waals surface area contributed by atoms with Crippen molar-refractivity contribution in [3.63, 3.8) is 0 Å². The highest BCUT2D eigenvalue weighted by atomic mass is 16.2. The monoisotopic (exact) mass is 262 g/mol. The van der Waals surface area contributed by atoms with Gasteiger partial charge in [-0.15, -0.1) is 0 Å². The number of anilines is 1. The van der Waals surface area contributed by atoms with Gasteiger partial charge >= 0.3 is 0 Å². The van der Waals surface area contributed by atoms with Crippen LogP contribution in [0.4, 0.5) is 5.69 Å². The molecule has 0 spiro atoms. The van der Waals surface area contributed by atoms with Crippen molar-refractivity contribution in [3.05, 3.63) is 29.3 Å². The molecule has 0 aliphatic carbocycles. The van der Waals surface area contributed by atoms with Gasteiger partial charge in [0.1, 0.15) is 0 Å². The molecule has 1 aromatic carbocycles. The molecule has 1 aliphatic rings. The van der Waals surface area contributed by atoms with E-state index in [9.17, 15) is 4.79 Å². The molecular weight excluding hydrogens is 240 g/mol. The number of likely N-dealkylation sites (N-methyl/N-ethyl adjacent to an activating group) is 1. The molecule has 0 bridgehead atoms. The van der Waals surface area contributed by atoms with Gasteiger partial charge in [0.2, 0.25) is 0 Å². The Balaban J connectivity index is 2.13. The Morgan fingerprint density at radius 2 is 2.16 bits per heavy atom. The Bertz CT molecular complexity index is 475. The quantitative estimate of drug-likeness (QED) is 0.618. The number of hydrogen-bond acceptors (Lipinski definition) is 4. The minimum atomic E-state index is 0.103. The van der Waals surface area contributed by atoms with E-state index in [2.05, 4.69) is 24.3 Å². The molecule has 1 heterocycles. The molecule has 0 saturated carbocycles. The van der Waals surface area contributed by atoms with Gasteiger partial charge in [0.25, 0.3) is 5.91 Å². The van der Waals surface area contributed by atoms with Crippen LogP contribution in [-0.2, 0) is 0 Å².